The summed E-state index contributed by atoms with van der Waals surface area (Å²) in [6, 6.07) is 9.15. The average molecular weight is 308 g/mol. The smallest absolute Gasteiger partial charge is 0.151 e. The van der Waals surface area contributed by atoms with Crippen molar-refractivity contribution in [1.82, 2.24) is 10.2 Å². The number of nitrogens with zero attached hydrogens (tertiary/aromatic N) is 3. The number of likely N-dealkylation sites (N-methyl/N-ethyl adjacent to an activating group) is 1. The molecule has 0 spiro atoms. The number of benzene rings is 1. The van der Waals surface area contributed by atoms with Gasteiger partial charge in [0.15, 0.2) is 5.82 Å². The van der Waals surface area contributed by atoms with Gasteiger partial charge < -0.3 is 14.7 Å². The molecule has 0 saturated carbocycles. The summed E-state index contributed by atoms with van der Waals surface area (Å²) < 4.78 is 5.59. The molecule has 0 unspecified atom stereocenters. The van der Waals surface area contributed by atoms with Crippen LogP contribution in [0.4, 0.5) is 5.82 Å². The van der Waals surface area contributed by atoms with Crippen LogP contribution in [0, 0.1) is 0 Å². The second-order valence-corrected chi connectivity index (χ2v) is 4.93. The van der Waals surface area contributed by atoms with E-state index in [1.807, 2.05) is 43.1 Å². The molecule has 2 aromatic rings. The molecule has 0 saturated heterocycles. The Balaban J connectivity index is 2.32. The molecule has 0 aliphatic rings. The van der Waals surface area contributed by atoms with Crippen molar-refractivity contribution in [3.8, 4) is 17.0 Å². The second-order valence-electron chi connectivity index (χ2n) is 4.50. The number of aliphatic hydroxyl groups excluding tert-OH is 1. The standard InChI is InChI=1S/C15H18ClN3O2/c1-3-21-14-6-4-11(16)10-12(14)13-5-7-15(18-17-13)19(2)8-9-20/h4-7,10,20H,3,8-9H2,1-2H3. The highest BCUT2D eigenvalue weighted by Gasteiger charge is 2.10. The maximum atomic E-state index is 8.94. The van der Waals surface area contributed by atoms with E-state index in [0.717, 1.165) is 11.3 Å². The lowest BCUT2D eigenvalue weighted by atomic mass is 10.1. The number of halogens is 1. The van der Waals surface area contributed by atoms with Crippen LogP contribution in [-0.4, -0.2) is 42.1 Å². The highest BCUT2D eigenvalue weighted by Crippen LogP contribution is 2.31. The third kappa shape index (κ3) is 3.83. The molecule has 2 rings (SSSR count). The van der Waals surface area contributed by atoms with E-state index in [4.69, 9.17) is 21.4 Å². The van der Waals surface area contributed by atoms with Gasteiger partial charge in [0.2, 0.25) is 0 Å². The van der Waals surface area contributed by atoms with Crippen LogP contribution in [0.3, 0.4) is 0 Å². The van der Waals surface area contributed by atoms with Crippen LogP contribution in [0.15, 0.2) is 30.3 Å². The number of aliphatic hydroxyl groups is 1. The van der Waals surface area contributed by atoms with E-state index in [1.54, 1.807) is 6.07 Å². The van der Waals surface area contributed by atoms with E-state index in [9.17, 15) is 0 Å². The number of ether oxygens (including phenoxy) is 1. The van der Waals surface area contributed by atoms with Crippen molar-refractivity contribution < 1.29 is 9.84 Å². The van der Waals surface area contributed by atoms with Crippen LogP contribution in [0.1, 0.15) is 6.92 Å². The van der Waals surface area contributed by atoms with E-state index in [2.05, 4.69) is 10.2 Å². The van der Waals surface area contributed by atoms with Crippen LogP contribution < -0.4 is 9.64 Å². The van der Waals surface area contributed by atoms with Crippen molar-refractivity contribution in [2.75, 3.05) is 31.7 Å². The first-order chi connectivity index (χ1) is 10.2. The molecule has 6 heteroatoms. The minimum Gasteiger partial charge on any atom is -0.493 e. The fourth-order valence-corrected chi connectivity index (χ4v) is 2.09. The molecule has 1 N–H and O–H groups in total. The van der Waals surface area contributed by atoms with Gasteiger partial charge in [0.25, 0.3) is 0 Å². The van der Waals surface area contributed by atoms with Crippen LogP contribution >= 0.6 is 11.6 Å². The van der Waals surface area contributed by atoms with Crippen molar-refractivity contribution in [1.29, 1.82) is 0 Å². The zero-order valence-corrected chi connectivity index (χ0v) is 12.8. The van der Waals surface area contributed by atoms with Gasteiger partial charge in [-0.2, -0.15) is 0 Å². The Bertz CT molecular complexity index is 590. The minimum absolute atomic E-state index is 0.0721. The molecule has 112 valence electrons. The molecule has 0 aliphatic carbocycles. The van der Waals surface area contributed by atoms with Gasteiger partial charge >= 0.3 is 0 Å². The topological polar surface area (TPSA) is 58.5 Å². The quantitative estimate of drug-likeness (QED) is 0.889. The summed E-state index contributed by atoms with van der Waals surface area (Å²) in [6.07, 6.45) is 0. The molecule has 0 atom stereocenters. The fourth-order valence-electron chi connectivity index (χ4n) is 1.92. The molecule has 0 radical (unpaired) electrons. The molecule has 5 nitrogen and oxygen atoms in total. The highest BCUT2D eigenvalue weighted by molar-refractivity contribution is 6.30. The molecule has 0 amide bonds. The minimum atomic E-state index is 0.0721. The molecule has 0 aliphatic heterocycles. The van der Waals surface area contributed by atoms with Crippen molar-refractivity contribution in [2.24, 2.45) is 0 Å². The fraction of sp³-hybridized carbons (Fsp3) is 0.333. The highest BCUT2D eigenvalue weighted by atomic mass is 35.5. The predicted octanol–water partition coefficient (Wildman–Crippen LogP) is 2.62. The Morgan fingerprint density at radius 1 is 1.24 bits per heavy atom. The summed E-state index contributed by atoms with van der Waals surface area (Å²) in [5, 5.41) is 18.0. The second kappa shape index (κ2) is 7.24. The lowest BCUT2D eigenvalue weighted by molar-refractivity contribution is 0.303. The third-order valence-corrected chi connectivity index (χ3v) is 3.23. The molecule has 0 fully saturated rings. The summed E-state index contributed by atoms with van der Waals surface area (Å²) >= 11 is 6.05. The maximum absolute atomic E-state index is 8.94. The Labute approximate surface area is 129 Å². The first-order valence-corrected chi connectivity index (χ1v) is 7.12. The summed E-state index contributed by atoms with van der Waals surface area (Å²) in [4.78, 5) is 1.83. The molecule has 0 bridgehead atoms. The van der Waals surface area contributed by atoms with E-state index in [1.165, 1.54) is 0 Å². The lowest BCUT2D eigenvalue weighted by Gasteiger charge is -2.16. The van der Waals surface area contributed by atoms with Gasteiger partial charge in [-0.15, -0.1) is 10.2 Å². The van der Waals surface area contributed by atoms with Crippen molar-refractivity contribution >= 4 is 17.4 Å². The first kappa shape index (κ1) is 15.5. The normalized spacial score (nSPS) is 10.5. The van der Waals surface area contributed by atoms with Crippen LogP contribution in [0.2, 0.25) is 5.02 Å². The number of aromatic nitrogens is 2. The van der Waals surface area contributed by atoms with E-state index in [0.29, 0.717) is 29.7 Å². The molecular weight excluding hydrogens is 290 g/mol. The van der Waals surface area contributed by atoms with Gasteiger partial charge in [0, 0.05) is 24.2 Å². The van der Waals surface area contributed by atoms with Crippen molar-refractivity contribution in [2.45, 2.75) is 6.92 Å². The number of anilines is 1. The van der Waals surface area contributed by atoms with Crippen molar-refractivity contribution in [3.63, 3.8) is 0 Å². The lowest BCUT2D eigenvalue weighted by Crippen LogP contribution is -2.22. The molecule has 1 aromatic carbocycles. The van der Waals surface area contributed by atoms with Crippen molar-refractivity contribution in [3.05, 3.63) is 35.4 Å². The first-order valence-electron chi connectivity index (χ1n) is 6.74. The SMILES string of the molecule is CCOc1ccc(Cl)cc1-c1ccc(N(C)CCO)nn1. The Morgan fingerprint density at radius 2 is 2.05 bits per heavy atom. The zero-order valence-electron chi connectivity index (χ0n) is 12.1. The Hall–Kier alpha value is -1.85. The van der Waals surface area contributed by atoms with Crippen LogP contribution in [0.5, 0.6) is 5.75 Å². The van der Waals surface area contributed by atoms with Gasteiger partial charge in [-0.25, -0.2) is 0 Å². The maximum Gasteiger partial charge on any atom is 0.151 e. The Morgan fingerprint density at radius 3 is 2.67 bits per heavy atom. The molecule has 21 heavy (non-hydrogen) atoms. The largest absolute Gasteiger partial charge is 0.493 e. The van der Waals surface area contributed by atoms with Gasteiger partial charge in [0.1, 0.15) is 5.75 Å². The van der Waals surface area contributed by atoms with Gasteiger partial charge in [-0.05, 0) is 37.3 Å². The van der Waals surface area contributed by atoms with E-state index in [-0.39, 0.29) is 6.61 Å². The number of rotatable bonds is 6. The van der Waals surface area contributed by atoms with E-state index >= 15 is 0 Å². The predicted molar refractivity (Wildman–Crippen MR) is 84.0 cm³/mol. The molecular formula is C15H18ClN3O2. The summed E-state index contributed by atoms with van der Waals surface area (Å²) in [5.74, 6) is 1.43. The van der Waals surface area contributed by atoms with Gasteiger partial charge in [0.05, 0.1) is 18.9 Å². The average Bonchev–Trinajstić information content (AvgIpc) is 2.50. The zero-order chi connectivity index (χ0) is 15.2. The molecule has 1 aromatic heterocycles. The number of hydrogen-bond acceptors (Lipinski definition) is 5. The number of hydrogen-bond donors (Lipinski definition) is 1. The summed E-state index contributed by atoms with van der Waals surface area (Å²) in [7, 11) is 1.85. The molecule has 1 heterocycles. The van der Waals surface area contributed by atoms with E-state index < -0.39 is 0 Å². The monoisotopic (exact) mass is 307 g/mol. The third-order valence-electron chi connectivity index (χ3n) is 2.99. The van der Waals surface area contributed by atoms with Crippen LogP contribution in [-0.2, 0) is 0 Å². The van der Waals surface area contributed by atoms with Crippen LogP contribution in [0.25, 0.3) is 11.3 Å². The summed E-state index contributed by atoms with van der Waals surface area (Å²) in [5.41, 5.74) is 1.51. The summed E-state index contributed by atoms with van der Waals surface area (Å²) in [6.45, 7) is 3.08. The van der Waals surface area contributed by atoms with Gasteiger partial charge in [-0.3, -0.25) is 0 Å². The van der Waals surface area contributed by atoms with Gasteiger partial charge in [-0.1, -0.05) is 11.6 Å². The Kier molecular flexibility index (Phi) is 5.36.